The van der Waals surface area contributed by atoms with E-state index in [1.807, 2.05) is 30.3 Å². The first-order valence-corrected chi connectivity index (χ1v) is 5.48. The summed E-state index contributed by atoms with van der Waals surface area (Å²) >= 11 is 0. The van der Waals surface area contributed by atoms with Gasteiger partial charge in [-0.05, 0) is 36.4 Å². The molecule has 2 aromatic rings. The van der Waals surface area contributed by atoms with E-state index >= 15 is 0 Å². The predicted octanol–water partition coefficient (Wildman–Crippen LogP) is 2.58. The first-order valence-electron chi connectivity index (χ1n) is 5.48. The minimum absolute atomic E-state index is 0.111. The molecular weight excluding hydrogens is 228 g/mol. The number of benzene rings is 1. The van der Waals surface area contributed by atoms with Gasteiger partial charge in [-0.2, -0.15) is 5.26 Å². The lowest BCUT2D eigenvalue weighted by molar-refractivity contribution is 0.0991. The standard InChI is InChI=1S/C14H12N2O2/c1-18-12-6-4-11(5-7-12)16-10-2-3-13(16)14(17)8-9-15/h2-7,10H,8H2,1H3. The van der Waals surface area contributed by atoms with Crippen molar-refractivity contribution >= 4 is 5.78 Å². The number of carbonyl (C=O) groups excluding carboxylic acids is 1. The molecule has 4 nitrogen and oxygen atoms in total. The fraction of sp³-hybridized carbons (Fsp3) is 0.143. The maximum atomic E-state index is 11.8. The van der Waals surface area contributed by atoms with Crippen molar-refractivity contribution in [3.05, 3.63) is 48.3 Å². The Kier molecular flexibility index (Phi) is 3.44. The second-order valence-electron chi connectivity index (χ2n) is 3.72. The number of hydrogen-bond donors (Lipinski definition) is 0. The molecule has 0 aliphatic heterocycles. The van der Waals surface area contributed by atoms with Crippen LogP contribution in [0.15, 0.2) is 42.6 Å². The molecule has 0 saturated heterocycles. The zero-order valence-corrected chi connectivity index (χ0v) is 9.96. The summed E-state index contributed by atoms with van der Waals surface area (Å²) in [5.74, 6) is 0.578. The summed E-state index contributed by atoms with van der Waals surface area (Å²) in [7, 11) is 1.60. The van der Waals surface area contributed by atoms with Crippen LogP contribution in [0.5, 0.6) is 5.75 Å². The molecule has 0 aliphatic carbocycles. The Morgan fingerprint density at radius 1 is 1.33 bits per heavy atom. The quantitative estimate of drug-likeness (QED) is 0.772. The number of ketones is 1. The van der Waals surface area contributed by atoms with Crippen LogP contribution in [-0.2, 0) is 0 Å². The van der Waals surface area contributed by atoms with Crippen LogP contribution in [0.3, 0.4) is 0 Å². The summed E-state index contributed by atoms with van der Waals surface area (Å²) in [6, 6.07) is 12.7. The number of hydrogen-bond acceptors (Lipinski definition) is 3. The van der Waals surface area contributed by atoms with Gasteiger partial charge in [0.15, 0.2) is 5.78 Å². The van der Waals surface area contributed by atoms with Gasteiger partial charge < -0.3 is 9.30 Å². The topological polar surface area (TPSA) is 55.0 Å². The van der Waals surface area contributed by atoms with E-state index in [1.165, 1.54) is 0 Å². The van der Waals surface area contributed by atoms with Crippen molar-refractivity contribution in [2.45, 2.75) is 6.42 Å². The summed E-state index contributed by atoms with van der Waals surface area (Å²) in [5, 5.41) is 8.57. The largest absolute Gasteiger partial charge is 0.497 e. The summed E-state index contributed by atoms with van der Waals surface area (Å²) in [5.41, 5.74) is 1.38. The molecule has 0 amide bonds. The molecule has 0 atom stereocenters. The highest BCUT2D eigenvalue weighted by molar-refractivity contribution is 5.96. The summed E-state index contributed by atoms with van der Waals surface area (Å²) in [4.78, 5) is 11.8. The fourth-order valence-corrected chi connectivity index (χ4v) is 1.74. The van der Waals surface area contributed by atoms with Gasteiger partial charge in [0.25, 0.3) is 0 Å². The second-order valence-corrected chi connectivity index (χ2v) is 3.72. The number of rotatable bonds is 4. The number of nitriles is 1. The van der Waals surface area contributed by atoms with E-state index in [9.17, 15) is 4.79 Å². The van der Waals surface area contributed by atoms with Gasteiger partial charge in [-0.15, -0.1) is 0 Å². The van der Waals surface area contributed by atoms with Gasteiger partial charge in [-0.1, -0.05) is 0 Å². The Morgan fingerprint density at radius 3 is 2.67 bits per heavy atom. The molecule has 0 aliphatic rings. The minimum Gasteiger partial charge on any atom is -0.497 e. The van der Waals surface area contributed by atoms with Crippen LogP contribution in [0.25, 0.3) is 5.69 Å². The molecule has 0 bridgehead atoms. The van der Waals surface area contributed by atoms with Crippen molar-refractivity contribution in [3.63, 3.8) is 0 Å². The summed E-state index contributed by atoms with van der Waals surface area (Å²) in [6.45, 7) is 0. The first kappa shape index (κ1) is 11.9. The van der Waals surface area contributed by atoms with Crippen molar-refractivity contribution in [1.82, 2.24) is 4.57 Å². The molecule has 0 unspecified atom stereocenters. The lowest BCUT2D eigenvalue weighted by Gasteiger charge is -2.08. The van der Waals surface area contributed by atoms with E-state index in [1.54, 1.807) is 30.0 Å². The Hall–Kier alpha value is -2.54. The monoisotopic (exact) mass is 240 g/mol. The Balaban J connectivity index is 2.36. The predicted molar refractivity (Wildman–Crippen MR) is 66.9 cm³/mol. The van der Waals surface area contributed by atoms with Gasteiger partial charge in [0.05, 0.1) is 18.9 Å². The number of carbonyl (C=O) groups is 1. The van der Waals surface area contributed by atoms with Crippen LogP contribution in [0.1, 0.15) is 16.9 Å². The molecule has 2 rings (SSSR count). The third-order valence-corrected chi connectivity index (χ3v) is 2.62. The molecule has 0 radical (unpaired) electrons. The zero-order valence-electron chi connectivity index (χ0n) is 9.96. The van der Waals surface area contributed by atoms with E-state index in [-0.39, 0.29) is 12.2 Å². The van der Waals surface area contributed by atoms with Gasteiger partial charge >= 0.3 is 0 Å². The Morgan fingerprint density at radius 2 is 2.06 bits per heavy atom. The van der Waals surface area contributed by atoms with E-state index in [0.717, 1.165) is 11.4 Å². The van der Waals surface area contributed by atoms with E-state index < -0.39 is 0 Å². The first-order chi connectivity index (χ1) is 8.76. The third-order valence-electron chi connectivity index (χ3n) is 2.62. The molecule has 18 heavy (non-hydrogen) atoms. The SMILES string of the molecule is COc1ccc(-n2cccc2C(=O)CC#N)cc1. The molecule has 90 valence electrons. The third kappa shape index (κ3) is 2.25. The zero-order chi connectivity index (χ0) is 13.0. The molecule has 0 spiro atoms. The highest BCUT2D eigenvalue weighted by Crippen LogP contribution is 2.18. The van der Waals surface area contributed by atoms with Crippen molar-refractivity contribution in [2.24, 2.45) is 0 Å². The average Bonchev–Trinajstić information content (AvgIpc) is 2.88. The lowest BCUT2D eigenvalue weighted by Crippen LogP contribution is -2.06. The van der Waals surface area contributed by atoms with Crippen molar-refractivity contribution in [1.29, 1.82) is 5.26 Å². The fourth-order valence-electron chi connectivity index (χ4n) is 1.74. The van der Waals surface area contributed by atoms with Crippen LogP contribution in [0.2, 0.25) is 0 Å². The minimum atomic E-state index is -0.182. The molecule has 0 N–H and O–H groups in total. The highest BCUT2D eigenvalue weighted by Gasteiger charge is 2.11. The van der Waals surface area contributed by atoms with Gasteiger partial charge in [-0.25, -0.2) is 0 Å². The summed E-state index contributed by atoms with van der Waals surface area (Å²) < 4.78 is 6.85. The molecule has 1 aromatic heterocycles. The number of methoxy groups -OCH3 is 1. The van der Waals surface area contributed by atoms with Crippen molar-refractivity contribution in [2.75, 3.05) is 7.11 Å². The molecule has 4 heteroatoms. The average molecular weight is 240 g/mol. The van der Waals surface area contributed by atoms with Crippen molar-refractivity contribution in [3.8, 4) is 17.5 Å². The maximum Gasteiger partial charge on any atom is 0.193 e. The molecule has 1 heterocycles. The van der Waals surface area contributed by atoms with Crippen LogP contribution < -0.4 is 4.74 Å². The van der Waals surface area contributed by atoms with Gasteiger partial charge in [0.1, 0.15) is 12.2 Å². The molecular formula is C14H12N2O2. The van der Waals surface area contributed by atoms with E-state index in [4.69, 9.17) is 10.00 Å². The summed E-state index contributed by atoms with van der Waals surface area (Å²) in [6.07, 6.45) is 1.69. The molecule has 1 aromatic carbocycles. The normalized spacial score (nSPS) is 9.78. The Labute approximate surface area is 105 Å². The number of nitrogens with zero attached hydrogens (tertiary/aromatic N) is 2. The Bertz CT molecular complexity index is 591. The number of aromatic nitrogens is 1. The van der Waals surface area contributed by atoms with Gasteiger partial charge in [-0.3, -0.25) is 4.79 Å². The maximum absolute atomic E-state index is 11.8. The van der Waals surface area contributed by atoms with Crippen LogP contribution in [0, 0.1) is 11.3 Å². The van der Waals surface area contributed by atoms with E-state index in [2.05, 4.69) is 0 Å². The van der Waals surface area contributed by atoms with Crippen LogP contribution >= 0.6 is 0 Å². The number of Topliss-reactive ketones (excluding diaryl/α,β-unsaturated/α-hetero) is 1. The number of ether oxygens (including phenoxy) is 1. The van der Waals surface area contributed by atoms with Crippen LogP contribution in [0.4, 0.5) is 0 Å². The van der Waals surface area contributed by atoms with Gasteiger partial charge in [0.2, 0.25) is 0 Å². The molecule has 0 saturated carbocycles. The van der Waals surface area contributed by atoms with E-state index in [0.29, 0.717) is 5.69 Å². The highest BCUT2D eigenvalue weighted by atomic mass is 16.5. The van der Waals surface area contributed by atoms with Gasteiger partial charge in [0, 0.05) is 11.9 Å². The van der Waals surface area contributed by atoms with Crippen LogP contribution in [-0.4, -0.2) is 17.5 Å². The molecule has 0 fully saturated rings. The second kappa shape index (κ2) is 5.19. The smallest absolute Gasteiger partial charge is 0.193 e. The lowest BCUT2D eigenvalue weighted by atomic mass is 10.2. The van der Waals surface area contributed by atoms with Crippen molar-refractivity contribution < 1.29 is 9.53 Å².